The molecule has 0 amide bonds. The number of fused-ring (bicyclic) bond motifs is 6. The maximum Gasteiger partial charge on any atom is 0.0603 e. The summed E-state index contributed by atoms with van der Waals surface area (Å²) in [7, 11) is 0. The molecule has 14 fully saturated rings. The Morgan fingerprint density at radius 3 is 0.943 bits per heavy atom. The van der Waals surface area contributed by atoms with E-state index in [2.05, 4.69) is 20.4 Å². The van der Waals surface area contributed by atoms with Gasteiger partial charge in [-0.3, -0.25) is 20.4 Å². The largest absolute Gasteiger partial charge is 0.297 e. The molecule has 70 heavy (non-hydrogen) atoms. The van der Waals surface area contributed by atoms with Crippen molar-refractivity contribution in [1.29, 1.82) is 0 Å². The van der Waals surface area contributed by atoms with E-state index in [1.807, 2.05) is 0 Å². The van der Waals surface area contributed by atoms with Crippen molar-refractivity contribution in [1.82, 2.24) is 20.4 Å². The van der Waals surface area contributed by atoms with Crippen LogP contribution in [0.3, 0.4) is 0 Å². The molecule has 0 radical (unpaired) electrons. The lowest BCUT2D eigenvalue weighted by molar-refractivity contribution is -0.129. The molecule has 2 N–H and O–H groups in total. The standard InChI is InChI=1S/C66H110N4/c1-2-14-43(15-3-1)50-37-39-70-42-60(68-62(70)40-50)45-27-31-47(32-28-45)64-53-18-6-10-22-57(53)66(58-23-11-7-19-54(58)64)49-35-33-48(34-36-49)65-55-20-8-4-16-51(55)63(52-17-5-9-21-56(52)65)46-29-25-44(26-30-46)59-41-69-38-13-12-24-61(69)67-59/h43-68H,1-42H2. The molecule has 13 atom stereocenters. The summed E-state index contributed by atoms with van der Waals surface area (Å²) in [4.78, 5) is 5.77. The van der Waals surface area contributed by atoms with Crippen molar-refractivity contribution in [2.24, 2.45) is 118 Å². The number of piperidine rings is 2. The number of nitrogens with one attached hydrogen (secondary N) is 2. The van der Waals surface area contributed by atoms with Gasteiger partial charge in [0.1, 0.15) is 0 Å². The smallest absolute Gasteiger partial charge is 0.0603 e. The van der Waals surface area contributed by atoms with E-state index >= 15 is 0 Å². The van der Waals surface area contributed by atoms with Gasteiger partial charge in [-0.05, 0) is 292 Å². The quantitative estimate of drug-likeness (QED) is 0.266. The Morgan fingerprint density at radius 2 is 0.557 bits per heavy atom. The highest BCUT2D eigenvalue weighted by molar-refractivity contribution is 5.08. The van der Waals surface area contributed by atoms with E-state index in [0.29, 0.717) is 6.17 Å². The van der Waals surface area contributed by atoms with Crippen LogP contribution in [0.2, 0.25) is 0 Å². The van der Waals surface area contributed by atoms with Gasteiger partial charge in [0.2, 0.25) is 0 Å². The van der Waals surface area contributed by atoms with Gasteiger partial charge in [-0.25, -0.2) is 0 Å². The summed E-state index contributed by atoms with van der Waals surface area (Å²) in [5.74, 6) is 21.5. The summed E-state index contributed by atoms with van der Waals surface area (Å²) < 4.78 is 0. The van der Waals surface area contributed by atoms with Gasteiger partial charge in [-0.2, -0.15) is 0 Å². The lowest BCUT2D eigenvalue weighted by atomic mass is 9.43. The molecule has 4 saturated heterocycles. The molecule has 0 spiro atoms. The molecule has 0 bridgehead atoms. The van der Waals surface area contributed by atoms with Crippen LogP contribution in [0.5, 0.6) is 0 Å². The van der Waals surface area contributed by atoms with Crippen molar-refractivity contribution in [3.63, 3.8) is 0 Å². The van der Waals surface area contributed by atoms with Crippen molar-refractivity contribution >= 4 is 0 Å². The van der Waals surface area contributed by atoms with Crippen molar-refractivity contribution in [2.75, 3.05) is 26.2 Å². The highest BCUT2D eigenvalue weighted by Crippen LogP contribution is 2.66. The minimum Gasteiger partial charge on any atom is -0.297 e. The second-order valence-electron chi connectivity index (χ2n) is 30.0. The van der Waals surface area contributed by atoms with E-state index in [-0.39, 0.29) is 0 Å². The highest BCUT2D eigenvalue weighted by atomic mass is 15.4. The molecule has 14 aliphatic rings. The van der Waals surface area contributed by atoms with Crippen LogP contribution in [0, 0.1) is 118 Å². The maximum absolute atomic E-state index is 4.36. The van der Waals surface area contributed by atoms with Gasteiger partial charge in [0.15, 0.2) is 0 Å². The van der Waals surface area contributed by atoms with E-state index in [4.69, 9.17) is 0 Å². The first-order valence-electron chi connectivity index (χ1n) is 33.7. The minimum atomic E-state index is 0.713. The van der Waals surface area contributed by atoms with Crippen molar-refractivity contribution < 1.29 is 0 Å². The number of nitrogens with zero attached hydrogens (tertiary/aromatic N) is 2. The van der Waals surface area contributed by atoms with E-state index in [9.17, 15) is 0 Å². The molecule has 10 aliphatic carbocycles. The first-order valence-corrected chi connectivity index (χ1v) is 33.7. The Hall–Kier alpha value is -0.160. The van der Waals surface area contributed by atoms with Crippen LogP contribution in [0.1, 0.15) is 244 Å². The van der Waals surface area contributed by atoms with Gasteiger partial charge in [0.05, 0.1) is 12.3 Å². The van der Waals surface area contributed by atoms with Crippen LogP contribution in [-0.4, -0.2) is 60.4 Å². The van der Waals surface area contributed by atoms with Crippen molar-refractivity contribution in [3.05, 3.63) is 0 Å². The van der Waals surface area contributed by atoms with Crippen molar-refractivity contribution in [3.8, 4) is 0 Å². The Bertz CT molecular complexity index is 1620. The van der Waals surface area contributed by atoms with Gasteiger partial charge in [-0.15, -0.1) is 0 Å². The Morgan fingerprint density at radius 1 is 0.229 bits per heavy atom. The van der Waals surface area contributed by atoms with Crippen LogP contribution >= 0.6 is 0 Å². The summed E-state index contributed by atoms with van der Waals surface area (Å²) in [6.07, 6.45) is 61.1. The molecule has 0 aromatic heterocycles. The first kappa shape index (κ1) is 48.2. The zero-order valence-electron chi connectivity index (χ0n) is 45.4. The van der Waals surface area contributed by atoms with Crippen LogP contribution in [0.15, 0.2) is 0 Å². The van der Waals surface area contributed by atoms with Gasteiger partial charge in [0.25, 0.3) is 0 Å². The first-order chi connectivity index (χ1) is 34.7. The van der Waals surface area contributed by atoms with Crippen LogP contribution in [-0.2, 0) is 0 Å². The van der Waals surface area contributed by atoms with Gasteiger partial charge < -0.3 is 0 Å². The third-order valence-electron chi connectivity index (χ3n) is 27.6. The fraction of sp³-hybridized carbons (Fsp3) is 1.00. The number of rotatable bonds is 7. The molecule has 0 aromatic carbocycles. The van der Waals surface area contributed by atoms with Crippen LogP contribution in [0.25, 0.3) is 0 Å². The van der Waals surface area contributed by atoms with E-state index in [0.717, 1.165) is 137 Å². The monoisotopic (exact) mass is 959 g/mol. The van der Waals surface area contributed by atoms with E-state index in [1.165, 1.54) is 77.5 Å². The molecule has 4 aliphatic heterocycles. The zero-order valence-corrected chi connectivity index (χ0v) is 45.4. The average molecular weight is 960 g/mol. The maximum atomic E-state index is 4.36. The highest BCUT2D eigenvalue weighted by Gasteiger charge is 2.58. The Balaban J connectivity index is 0.623. The summed E-state index contributed by atoms with van der Waals surface area (Å²) in [6.45, 7) is 5.50. The SMILES string of the molecule is C1CCC(C2CCN3CC(C4CCC(C5C6CCCCC6C(C6CCC(C7C8CCCCC8C(C8CCC(C9CN%10CCCCC%10N9)CC8)C8CCCCC87)CC6)C6CCCCC65)CC4)NC3C2)CC1. The second-order valence-corrected chi connectivity index (χ2v) is 30.0. The lowest BCUT2D eigenvalue weighted by Gasteiger charge is -2.62. The predicted molar refractivity (Wildman–Crippen MR) is 290 cm³/mol. The summed E-state index contributed by atoms with van der Waals surface area (Å²) in [5.41, 5.74) is 0. The van der Waals surface area contributed by atoms with Gasteiger partial charge in [0, 0.05) is 25.2 Å². The normalized spacial score (nSPS) is 52.9. The predicted octanol–water partition coefficient (Wildman–Crippen LogP) is 15.5. The van der Waals surface area contributed by atoms with Gasteiger partial charge >= 0.3 is 0 Å². The summed E-state index contributed by atoms with van der Waals surface area (Å²) >= 11 is 0. The minimum absolute atomic E-state index is 0.713. The van der Waals surface area contributed by atoms with E-state index in [1.54, 1.807) is 193 Å². The number of hydrogen-bond acceptors (Lipinski definition) is 4. The molecule has 13 unspecified atom stereocenters. The Kier molecular flexibility index (Phi) is 14.7. The van der Waals surface area contributed by atoms with Crippen molar-refractivity contribution in [2.45, 2.75) is 268 Å². The fourth-order valence-corrected chi connectivity index (χ4v) is 25.0. The molecular weight excluding hydrogens is 849 g/mol. The summed E-state index contributed by atoms with van der Waals surface area (Å²) in [6, 6.07) is 1.59. The molecule has 14 rings (SSSR count). The molecule has 0 aromatic rings. The summed E-state index contributed by atoms with van der Waals surface area (Å²) in [5, 5.41) is 8.57. The fourth-order valence-electron chi connectivity index (χ4n) is 25.0. The van der Waals surface area contributed by atoms with Crippen LogP contribution in [0.4, 0.5) is 0 Å². The lowest BCUT2D eigenvalue weighted by Crippen LogP contribution is -2.55. The molecule has 4 heteroatoms. The second kappa shape index (κ2) is 21.3. The van der Waals surface area contributed by atoms with Crippen LogP contribution < -0.4 is 10.6 Å². The topological polar surface area (TPSA) is 30.5 Å². The molecule has 10 saturated carbocycles. The Labute approximate surface area is 431 Å². The average Bonchev–Trinajstić information content (AvgIpc) is 4.07. The molecule has 4 heterocycles. The molecule has 4 nitrogen and oxygen atoms in total. The molecule has 394 valence electrons. The zero-order chi connectivity index (χ0) is 46.1. The van der Waals surface area contributed by atoms with Gasteiger partial charge in [-0.1, -0.05) is 83.5 Å². The third kappa shape index (κ3) is 9.17. The third-order valence-corrected chi connectivity index (χ3v) is 27.6. The van der Waals surface area contributed by atoms with E-state index < -0.39 is 0 Å². The number of hydrogen-bond donors (Lipinski definition) is 2. The molecular formula is C66H110N4.